The Bertz CT molecular complexity index is 1040. The Balaban J connectivity index is 2.56. The second-order valence-corrected chi connectivity index (χ2v) is 14.8. The predicted octanol–water partition coefficient (Wildman–Crippen LogP) is 0.490. The van der Waals surface area contributed by atoms with Crippen LogP contribution in [0.1, 0.15) is 93.4 Å². The number of nitrogens with two attached hydrogens (primary N) is 1. The Labute approximate surface area is 275 Å². The summed E-state index contributed by atoms with van der Waals surface area (Å²) in [5, 5.41) is 21.4. The van der Waals surface area contributed by atoms with E-state index in [1.807, 2.05) is 18.7 Å². The van der Waals surface area contributed by atoms with Crippen molar-refractivity contribution >= 4 is 29.5 Å². The molecule has 2 rings (SSSR count). The number of amides is 5. The van der Waals surface area contributed by atoms with E-state index in [-0.39, 0.29) is 36.2 Å². The molecule has 1 saturated carbocycles. The Morgan fingerprint density at radius 1 is 0.913 bits per heavy atom. The summed E-state index contributed by atoms with van der Waals surface area (Å²) in [5.74, 6) is -2.59. The molecule has 1 heterocycles. The van der Waals surface area contributed by atoms with Crippen molar-refractivity contribution < 1.29 is 29.1 Å². The molecule has 0 aromatic heterocycles. The molecule has 0 spiro atoms. The van der Waals surface area contributed by atoms with Gasteiger partial charge in [-0.3, -0.25) is 28.9 Å². The van der Waals surface area contributed by atoms with E-state index in [2.05, 4.69) is 42.0 Å². The third-order valence-electron chi connectivity index (χ3n) is 9.20. The van der Waals surface area contributed by atoms with Gasteiger partial charge in [-0.1, -0.05) is 53.9 Å². The van der Waals surface area contributed by atoms with Gasteiger partial charge >= 0.3 is 0 Å². The van der Waals surface area contributed by atoms with Gasteiger partial charge in [0.25, 0.3) is 0 Å². The second-order valence-electron chi connectivity index (χ2n) is 14.8. The highest BCUT2D eigenvalue weighted by molar-refractivity contribution is 5.96. The molecule has 13 heteroatoms. The molecular formula is C33H61N7O6. The first-order valence-corrected chi connectivity index (χ1v) is 17.0. The molecule has 7 N–H and O–H groups in total. The Morgan fingerprint density at radius 2 is 1.54 bits per heavy atom. The molecule has 1 saturated heterocycles. The average molecular weight is 652 g/mol. The van der Waals surface area contributed by atoms with Gasteiger partial charge in [0.1, 0.15) is 24.2 Å². The van der Waals surface area contributed by atoms with E-state index in [0.717, 1.165) is 38.5 Å². The Kier molecular flexibility index (Phi) is 15.4. The first-order valence-electron chi connectivity index (χ1n) is 17.0. The van der Waals surface area contributed by atoms with E-state index in [4.69, 9.17) is 5.73 Å². The first-order chi connectivity index (χ1) is 21.5. The van der Waals surface area contributed by atoms with E-state index in [1.54, 1.807) is 14.0 Å². The fourth-order valence-electron chi connectivity index (χ4n) is 6.17. The van der Waals surface area contributed by atoms with Crippen LogP contribution in [-0.4, -0.2) is 114 Å². The molecule has 2 fully saturated rings. The van der Waals surface area contributed by atoms with Gasteiger partial charge in [-0.05, 0) is 63.3 Å². The van der Waals surface area contributed by atoms with E-state index in [9.17, 15) is 29.1 Å². The van der Waals surface area contributed by atoms with Crippen molar-refractivity contribution in [2.45, 2.75) is 130 Å². The molecule has 264 valence electrons. The molecule has 1 aliphatic carbocycles. The zero-order valence-corrected chi connectivity index (χ0v) is 29.4. The van der Waals surface area contributed by atoms with Crippen molar-refractivity contribution in [1.82, 2.24) is 31.1 Å². The van der Waals surface area contributed by atoms with Crippen molar-refractivity contribution in [1.29, 1.82) is 0 Å². The van der Waals surface area contributed by atoms with Crippen LogP contribution < -0.4 is 27.0 Å². The summed E-state index contributed by atoms with van der Waals surface area (Å²) in [6.45, 7) is 14.3. The second kappa shape index (κ2) is 18.0. The number of aliphatic hydroxyl groups is 1. The van der Waals surface area contributed by atoms with E-state index >= 15 is 0 Å². The molecule has 0 radical (unpaired) electrons. The molecule has 46 heavy (non-hydrogen) atoms. The molecule has 5 amide bonds. The number of carbonyl (C=O) groups is 5. The number of aliphatic hydroxyl groups excluding tert-OH is 1. The van der Waals surface area contributed by atoms with Crippen LogP contribution in [0, 0.1) is 17.3 Å². The van der Waals surface area contributed by atoms with E-state index in [0.29, 0.717) is 19.5 Å². The number of nitrogens with one attached hydrogen (secondary N) is 4. The number of nitrogens with zero attached hydrogens (tertiary/aromatic N) is 2. The van der Waals surface area contributed by atoms with Crippen molar-refractivity contribution in [2.75, 3.05) is 33.2 Å². The average Bonchev–Trinajstić information content (AvgIpc) is 2.99. The van der Waals surface area contributed by atoms with Crippen LogP contribution in [0.2, 0.25) is 0 Å². The maximum atomic E-state index is 14.0. The van der Waals surface area contributed by atoms with Gasteiger partial charge in [0, 0.05) is 26.7 Å². The van der Waals surface area contributed by atoms with Crippen LogP contribution >= 0.6 is 0 Å². The first kappa shape index (κ1) is 39.4. The van der Waals surface area contributed by atoms with Crippen molar-refractivity contribution in [3.8, 4) is 0 Å². The highest BCUT2D eigenvalue weighted by Gasteiger charge is 2.38. The summed E-state index contributed by atoms with van der Waals surface area (Å²) >= 11 is 0. The lowest BCUT2D eigenvalue weighted by Crippen LogP contribution is -2.63. The highest BCUT2D eigenvalue weighted by Crippen LogP contribution is 2.27. The van der Waals surface area contributed by atoms with Crippen molar-refractivity contribution in [3.63, 3.8) is 0 Å². The minimum absolute atomic E-state index is 0.0140. The lowest BCUT2D eigenvalue weighted by atomic mass is 9.83. The molecule has 1 aliphatic heterocycles. The SMILES string of the molecule is CC(C)C[C@H]1C(=O)N[C@@H](C2CCCCC2)C(=O)N[C@@H](CN)C(=O)N[C@@H]([C@H](C)O)C(=O)NCCN(CCC(C)(C)C)[C@@H](C)C(=O)N1C. The summed E-state index contributed by atoms with van der Waals surface area (Å²) in [4.78, 5) is 71.8. The lowest BCUT2D eigenvalue weighted by molar-refractivity contribution is -0.144. The van der Waals surface area contributed by atoms with Crippen molar-refractivity contribution in [2.24, 2.45) is 23.0 Å². The number of hydrogen-bond donors (Lipinski definition) is 6. The molecule has 0 unspecified atom stereocenters. The van der Waals surface area contributed by atoms with Crippen LogP contribution in [0.25, 0.3) is 0 Å². The fourth-order valence-corrected chi connectivity index (χ4v) is 6.17. The fraction of sp³-hybridized carbons (Fsp3) is 0.848. The third kappa shape index (κ3) is 11.8. The number of rotatable bonds is 7. The zero-order valence-electron chi connectivity index (χ0n) is 29.4. The summed E-state index contributed by atoms with van der Waals surface area (Å²) in [6, 6.07) is -4.87. The molecule has 0 bridgehead atoms. The maximum absolute atomic E-state index is 14.0. The monoisotopic (exact) mass is 651 g/mol. The maximum Gasteiger partial charge on any atom is 0.245 e. The van der Waals surface area contributed by atoms with Gasteiger partial charge in [-0.25, -0.2) is 0 Å². The van der Waals surface area contributed by atoms with Crippen LogP contribution in [0.5, 0.6) is 0 Å². The number of hydrogen-bond acceptors (Lipinski definition) is 8. The van der Waals surface area contributed by atoms with Gasteiger partial charge < -0.3 is 37.0 Å². The zero-order chi connectivity index (χ0) is 34.8. The Morgan fingerprint density at radius 3 is 2.09 bits per heavy atom. The van der Waals surface area contributed by atoms with Crippen LogP contribution in [0.15, 0.2) is 0 Å². The summed E-state index contributed by atoms with van der Waals surface area (Å²) < 4.78 is 0. The molecule has 13 nitrogen and oxygen atoms in total. The highest BCUT2D eigenvalue weighted by atomic mass is 16.3. The van der Waals surface area contributed by atoms with Gasteiger partial charge in [-0.2, -0.15) is 0 Å². The van der Waals surface area contributed by atoms with Gasteiger partial charge in [0.05, 0.1) is 12.1 Å². The molecule has 0 aromatic carbocycles. The minimum Gasteiger partial charge on any atom is -0.391 e. The topological polar surface area (TPSA) is 186 Å². The smallest absolute Gasteiger partial charge is 0.245 e. The normalized spacial score (nSPS) is 28.5. The summed E-state index contributed by atoms with van der Waals surface area (Å²) in [6.07, 6.45) is 4.25. The number of carbonyl (C=O) groups excluding carboxylic acids is 5. The standard InChI is InChI=1S/C33H61N7O6/c1-20(2)18-25-29(43)38-27(23-12-10-9-11-13-23)31(45)36-24(19-34)28(42)37-26(22(4)41)30(44)35-15-17-40(16-14-33(5,6)7)21(3)32(46)39(25)8/h20-27,41H,9-19,34H2,1-8H3,(H,35,44)(H,36,45)(H,37,42)(H,38,43)/t21-,22-,24-,25-,26-,27-/m0/s1. The molecule has 2 aliphatic rings. The lowest BCUT2D eigenvalue weighted by Gasteiger charge is -2.37. The van der Waals surface area contributed by atoms with E-state index in [1.165, 1.54) is 11.8 Å². The van der Waals surface area contributed by atoms with Crippen molar-refractivity contribution in [3.05, 3.63) is 0 Å². The summed E-state index contributed by atoms with van der Waals surface area (Å²) in [7, 11) is 1.63. The van der Waals surface area contributed by atoms with Gasteiger partial charge in [-0.15, -0.1) is 0 Å². The van der Waals surface area contributed by atoms with Crippen LogP contribution in [0.4, 0.5) is 0 Å². The predicted molar refractivity (Wildman–Crippen MR) is 177 cm³/mol. The largest absolute Gasteiger partial charge is 0.391 e. The number of likely N-dealkylation sites (N-methyl/N-ethyl adjacent to an activating group) is 1. The van der Waals surface area contributed by atoms with Crippen LogP contribution in [-0.2, 0) is 24.0 Å². The van der Waals surface area contributed by atoms with E-state index < -0.39 is 59.9 Å². The third-order valence-corrected chi connectivity index (χ3v) is 9.20. The summed E-state index contributed by atoms with van der Waals surface area (Å²) in [5.41, 5.74) is 5.89. The van der Waals surface area contributed by atoms with Gasteiger partial charge in [0.2, 0.25) is 29.5 Å². The van der Waals surface area contributed by atoms with Crippen LogP contribution in [0.3, 0.4) is 0 Å². The molecule has 0 aromatic rings. The van der Waals surface area contributed by atoms with Gasteiger partial charge in [0.15, 0.2) is 0 Å². The molecule has 6 atom stereocenters. The minimum atomic E-state index is -1.30. The molecular weight excluding hydrogens is 590 g/mol. The quantitative estimate of drug-likeness (QED) is 0.230. The Hall–Kier alpha value is -2.77.